The Balaban J connectivity index is 0.00000400. The second-order valence-electron chi connectivity index (χ2n) is 4.03. The van der Waals surface area contributed by atoms with E-state index in [0.29, 0.717) is 5.75 Å². The van der Waals surface area contributed by atoms with E-state index in [9.17, 15) is 9.18 Å². The van der Waals surface area contributed by atoms with Crippen LogP contribution >= 0.6 is 12.4 Å². The third-order valence-corrected chi connectivity index (χ3v) is 2.76. The number of nitrogens with two attached hydrogens (primary N) is 1. The van der Waals surface area contributed by atoms with E-state index in [4.69, 9.17) is 19.9 Å². The van der Waals surface area contributed by atoms with Crippen LogP contribution < -0.4 is 20.5 Å². The van der Waals surface area contributed by atoms with E-state index in [1.54, 1.807) is 0 Å². The van der Waals surface area contributed by atoms with Gasteiger partial charge < -0.3 is 25.3 Å². The van der Waals surface area contributed by atoms with Gasteiger partial charge in [-0.25, -0.2) is 4.39 Å². The molecule has 1 rings (SSSR count). The SMILES string of the molecule is COc1cc(F)c(NC(=O)CC(CN)OC)cc1OC.Cl. The van der Waals surface area contributed by atoms with Crippen LogP contribution in [0.3, 0.4) is 0 Å². The maximum absolute atomic E-state index is 13.8. The smallest absolute Gasteiger partial charge is 0.227 e. The molecular weight excluding hydrogens is 303 g/mol. The van der Waals surface area contributed by atoms with Gasteiger partial charge >= 0.3 is 0 Å². The molecule has 1 atom stereocenters. The normalized spacial score (nSPS) is 11.3. The maximum Gasteiger partial charge on any atom is 0.227 e. The molecule has 6 nitrogen and oxygen atoms in total. The summed E-state index contributed by atoms with van der Waals surface area (Å²) in [4.78, 5) is 11.8. The zero-order valence-corrected chi connectivity index (χ0v) is 13.0. The van der Waals surface area contributed by atoms with Crippen LogP contribution in [0.5, 0.6) is 11.5 Å². The van der Waals surface area contributed by atoms with Gasteiger partial charge in [-0.1, -0.05) is 0 Å². The van der Waals surface area contributed by atoms with Crippen molar-refractivity contribution >= 4 is 24.0 Å². The number of methoxy groups -OCH3 is 3. The van der Waals surface area contributed by atoms with Crippen molar-refractivity contribution in [2.24, 2.45) is 5.73 Å². The number of nitrogens with one attached hydrogen (secondary N) is 1. The van der Waals surface area contributed by atoms with Crippen molar-refractivity contribution in [3.05, 3.63) is 17.9 Å². The molecule has 0 aliphatic heterocycles. The molecule has 0 aliphatic rings. The lowest BCUT2D eigenvalue weighted by atomic mass is 10.2. The van der Waals surface area contributed by atoms with Gasteiger partial charge in [-0.2, -0.15) is 0 Å². The van der Waals surface area contributed by atoms with Crippen molar-refractivity contribution in [3.63, 3.8) is 0 Å². The highest BCUT2D eigenvalue weighted by atomic mass is 35.5. The Labute approximate surface area is 129 Å². The predicted molar refractivity (Wildman–Crippen MR) is 79.9 cm³/mol. The minimum Gasteiger partial charge on any atom is -0.493 e. The van der Waals surface area contributed by atoms with E-state index in [2.05, 4.69) is 5.32 Å². The highest BCUT2D eigenvalue weighted by Gasteiger charge is 2.16. The molecule has 1 aromatic carbocycles. The molecule has 120 valence electrons. The number of carbonyl (C=O) groups is 1. The summed E-state index contributed by atoms with van der Waals surface area (Å²) in [5, 5.41) is 2.45. The van der Waals surface area contributed by atoms with E-state index >= 15 is 0 Å². The number of anilines is 1. The number of carbonyl (C=O) groups excluding carboxylic acids is 1. The molecule has 0 bridgehead atoms. The molecule has 21 heavy (non-hydrogen) atoms. The van der Waals surface area contributed by atoms with Crippen molar-refractivity contribution in [2.45, 2.75) is 12.5 Å². The maximum atomic E-state index is 13.8. The minimum absolute atomic E-state index is 0. The summed E-state index contributed by atoms with van der Waals surface area (Å²) in [6.45, 7) is 0.207. The van der Waals surface area contributed by atoms with Crippen molar-refractivity contribution in [3.8, 4) is 11.5 Å². The van der Waals surface area contributed by atoms with Crippen LogP contribution in [0.1, 0.15) is 6.42 Å². The molecule has 3 N–H and O–H groups in total. The van der Waals surface area contributed by atoms with Gasteiger partial charge in [0.1, 0.15) is 0 Å². The number of halogens is 2. The standard InChI is InChI=1S/C13H19FN2O4.ClH/c1-18-8(7-15)4-13(17)16-10-6-12(20-3)11(19-2)5-9(10)14;/h5-6,8H,4,7,15H2,1-3H3,(H,16,17);1H. The van der Waals surface area contributed by atoms with Gasteiger partial charge in [0.15, 0.2) is 17.3 Å². The Bertz CT molecular complexity index is 470. The highest BCUT2D eigenvalue weighted by Crippen LogP contribution is 2.32. The zero-order valence-electron chi connectivity index (χ0n) is 12.1. The second kappa shape index (κ2) is 9.38. The quantitative estimate of drug-likeness (QED) is 0.796. The molecule has 0 radical (unpaired) electrons. The number of benzene rings is 1. The molecule has 0 heterocycles. The van der Waals surface area contributed by atoms with Gasteiger partial charge in [-0.3, -0.25) is 4.79 Å². The fraction of sp³-hybridized carbons (Fsp3) is 0.462. The van der Waals surface area contributed by atoms with Crippen LogP contribution in [0, 0.1) is 5.82 Å². The summed E-state index contributed by atoms with van der Waals surface area (Å²) in [5.41, 5.74) is 5.44. The van der Waals surface area contributed by atoms with E-state index in [1.807, 2.05) is 0 Å². The second-order valence-corrected chi connectivity index (χ2v) is 4.03. The first-order valence-corrected chi connectivity index (χ1v) is 5.99. The summed E-state index contributed by atoms with van der Waals surface area (Å²) < 4.78 is 28.8. The van der Waals surface area contributed by atoms with Crippen molar-refractivity contribution in [1.29, 1.82) is 0 Å². The van der Waals surface area contributed by atoms with E-state index < -0.39 is 17.8 Å². The average molecular weight is 323 g/mol. The number of amides is 1. The van der Waals surface area contributed by atoms with Gasteiger partial charge in [0.05, 0.1) is 32.4 Å². The first-order chi connectivity index (χ1) is 9.55. The molecule has 0 aromatic heterocycles. The van der Waals surface area contributed by atoms with Crippen molar-refractivity contribution < 1.29 is 23.4 Å². The highest BCUT2D eigenvalue weighted by molar-refractivity contribution is 5.91. The molecule has 0 saturated heterocycles. The third-order valence-electron chi connectivity index (χ3n) is 2.76. The lowest BCUT2D eigenvalue weighted by Gasteiger charge is -2.14. The minimum atomic E-state index is -0.613. The Morgan fingerprint density at radius 3 is 2.33 bits per heavy atom. The first-order valence-electron chi connectivity index (χ1n) is 5.99. The lowest BCUT2D eigenvalue weighted by molar-refractivity contribution is -0.118. The van der Waals surface area contributed by atoms with Crippen LogP contribution in [0.2, 0.25) is 0 Å². The molecule has 1 amide bonds. The van der Waals surface area contributed by atoms with Crippen molar-refractivity contribution in [1.82, 2.24) is 0 Å². The molecule has 0 fully saturated rings. The van der Waals surface area contributed by atoms with E-state index in [1.165, 1.54) is 27.4 Å². The Morgan fingerprint density at radius 2 is 1.86 bits per heavy atom. The number of ether oxygens (including phenoxy) is 3. The fourth-order valence-electron chi connectivity index (χ4n) is 1.62. The molecule has 0 spiro atoms. The van der Waals surface area contributed by atoms with Gasteiger partial charge in [-0.05, 0) is 0 Å². The monoisotopic (exact) mass is 322 g/mol. The molecule has 1 aromatic rings. The topological polar surface area (TPSA) is 82.8 Å². The van der Waals surface area contributed by atoms with Crippen LogP contribution in [-0.2, 0) is 9.53 Å². The number of hydrogen-bond acceptors (Lipinski definition) is 5. The molecular formula is C13H20ClFN2O4. The third kappa shape index (κ3) is 5.37. The Kier molecular flexibility index (Phi) is 8.68. The van der Waals surface area contributed by atoms with Gasteiger partial charge in [-0.15, -0.1) is 12.4 Å². The van der Waals surface area contributed by atoms with E-state index in [-0.39, 0.29) is 36.8 Å². The van der Waals surface area contributed by atoms with Crippen LogP contribution in [0.4, 0.5) is 10.1 Å². The Hall–Kier alpha value is -1.57. The average Bonchev–Trinajstić information content (AvgIpc) is 2.46. The lowest BCUT2D eigenvalue weighted by Crippen LogP contribution is -2.28. The molecule has 1 unspecified atom stereocenters. The first kappa shape index (κ1) is 19.4. The van der Waals surface area contributed by atoms with Crippen LogP contribution in [0.25, 0.3) is 0 Å². The Morgan fingerprint density at radius 1 is 1.29 bits per heavy atom. The molecule has 0 saturated carbocycles. The van der Waals surface area contributed by atoms with Gasteiger partial charge in [0.25, 0.3) is 0 Å². The summed E-state index contributed by atoms with van der Waals surface area (Å²) in [6, 6.07) is 2.50. The summed E-state index contributed by atoms with van der Waals surface area (Å²) >= 11 is 0. The molecule has 8 heteroatoms. The number of hydrogen-bond donors (Lipinski definition) is 2. The van der Waals surface area contributed by atoms with E-state index in [0.717, 1.165) is 6.07 Å². The fourth-order valence-corrected chi connectivity index (χ4v) is 1.62. The predicted octanol–water partition coefficient (Wildman–Crippen LogP) is 1.57. The summed E-state index contributed by atoms with van der Waals surface area (Å²) in [6.07, 6.45) is -0.362. The van der Waals surface area contributed by atoms with Crippen molar-refractivity contribution in [2.75, 3.05) is 33.2 Å². The largest absolute Gasteiger partial charge is 0.493 e. The van der Waals surface area contributed by atoms with Gasteiger partial charge in [0.2, 0.25) is 5.91 Å². The number of rotatable bonds is 7. The summed E-state index contributed by atoms with van der Waals surface area (Å²) in [7, 11) is 4.29. The zero-order chi connectivity index (χ0) is 15.1. The van der Waals surface area contributed by atoms with Crippen LogP contribution in [0.15, 0.2) is 12.1 Å². The summed E-state index contributed by atoms with van der Waals surface area (Å²) in [5.74, 6) is -0.433. The van der Waals surface area contributed by atoms with Crippen LogP contribution in [-0.4, -0.2) is 39.9 Å². The van der Waals surface area contributed by atoms with Gasteiger partial charge in [0, 0.05) is 25.8 Å². The molecule has 0 aliphatic carbocycles.